The van der Waals surface area contributed by atoms with Gasteiger partial charge < -0.3 is 19.9 Å². The van der Waals surface area contributed by atoms with Crippen LogP contribution in [0, 0.1) is 5.92 Å². The van der Waals surface area contributed by atoms with Gasteiger partial charge in [0.15, 0.2) is 11.5 Å². The standard InChI is InChI=1S/C21H30N2O4/c1-2-10-22-19(24)13-23-11-9-21(25)8-4-3-5-16(21)20(23)15-6-7-17-18(12-15)27-14-26-17/h6-7,12,16,20,25H,2-5,8-11,13-14H2,1H3,(H,22,24)/t16-,20+,21+/m1/s1. The number of likely N-dealkylation sites (tertiary alicyclic amines) is 1. The minimum Gasteiger partial charge on any atom is -0.454 e. The average Bonchev–Trinajstić information content (AvgIpc) is 3.14. The summed E-state index contributed by atoms with van der Waals surface area (Å²) in [5.41, 5.74) is 0.475. The van der Waals surface area contributed by atoms with Gasteiger partial charge in [0, 0.05) is 25.0 Å². The highest BCUT2D eigenvalue weighted by atomic mass is 16.7. The topological polar surface area (TPSA) is 71.0 Å². The molecule has 0 spiro atoms. The number of rotatable bonds is 5. The quantitative estimate of drug-likeness (QED) is 0.829. The van der Waals surface area contributed by atoms with Crippen LogP contribution in [-0.2, 0) is 4.79 Å². The minimum atomic E-state index is -0.629. The van der Waals surface area contributed by atoms with Gasteiger partial charge >= 0.3 is 0 Å². The Labute approximate surface area is 160 Å². The molecule has 1 saturated heterocycles. The number of nitrogens with zero attached hydrogens (tertiary/aromatic N) is 1. The third-order valence-corrected chi connectivity index (χ3v) is 6.33. The molecule has 0 aromatic heterocycles. The molecule has 1 aliphatic carbocycles. The summed E-state index contributed by atoms with van der Waals surface area (Å²) in [6.45, 7) is 4.10. The van der Waals surface area contributed by atoms with E-state index >= 15 is 0 Å². The Balaban J connectivity index is 1.63. The number of hydrogen-bond donors (Lipinski definition) is 2. The molecular weight excluding hydrogens is 344 g/mol. The van der Waals surface area contributed by atoms with E-state index in [2.05, 4.69) is 23.2 Å². The van der Waals surface area contributed by atoms with E-state index < -0.39 is 5.60 Å². The van der Waals surface area contributed by atoms with Gasteiger partial charge in [0.05, 0.1) is 12.1 Å². The Morgan fingerprint density at radius 3 is 3.00 bits per heavy atom. The molecule has 6 nitrogen and oxygen atoms in total. The normalized spacial score (nSPS) is 30.0. The number of piperidine rings is 1. The zero-order valence-electron chi connectivity index (χ0n) is 16.1. The smallest absolute Gasteiger partial charge is 0.234 e. The van der Waals surface area contributed by atoms with Crippen LogP contribution in [0.4, 0.5) is 0 Å². The van der Waals surface area contributed by atoms with Gasteiger partial charge in [-0.1, -0.05) is 25.8 Å². The highest BCUT2D eigenvalue weighted by Gasteiger charge is 2.49. The van der Waals surface area contributed by atoms with E-state index in [0.29, 0.717) is 13.1 Å². The van der Waals surface area contributed by atoms with Crippen molar-refractivity contribution in [3.05, 3.63) is 23.8 Å². The lowest BCUT2D eigenvalue weighted by Gasteiger charge is -2.52. The number of fused-ring (bicyclic) bond motifs is 2. The van der Waals surface area contributed by atoms with Crippen LogP contribution >= 0.6 is 0 Å². The van der Waals surface area contributed by atoms with E-state index in [4.69, 9.17) is 9.47 Å². The number of hydrogen-bond acceptors (Lipinski definition) is 5. The lowest BCUT2D eigenvalue weighted by Crippen LogP contribution is -2.56. The number of nitrogens with one attached hydrogen (secondary N) is 1. The second-order valence-electron chi connectivity index (χ2n) is 8.08. The highest BCUT2D eigenvalue weighted by Crippen LogP contribution is 2.50. The lowest BCUT2D eigenvalue weighted by atomic mass is 9.66. The molecule has 0 unspecified atom stereocenters. The Bertz CT molecular complexity index is 695. The van der Waals surface area contributed by atoms with E-state index in [1.165, 1.54) is 0 Å². The molecule has 6 heteroatoms. The largest absolute Gasteiger partial charge is 0.454 e. The number of carbonyl (C=O) groups excluding carboxylic acids is 1. The molecule has 0 bridgehead atoms. The maximum atomic E-state index is 12.4. The van der Waals surface area contributed by atoms with Gasteiger partial charge in [0.2, 0.25) is 12.7 Å². The van der Waals surface area contributed by atoms with Gasteiger partial charge in [0.1, 0.15) is 0 Å². The molecule has 27 heavy (non-hydrogen) atoms. The molecule has 148 valence electrons. The first-order valence-corrected chi connectivity index (χ1v) is 10.2. The molecule has 1 amide bonds. The maximum Gasteiger partial charge on any atom is 0.234 e. The van der Waals surface area contributed by atoms with Crippen molar-refractivity contribution >= 4 is 5.91 Å². The van der Waals surface area contributed by atoms with Gasteiger partial charge in [-0.25, -0.2) is 0 Å². The van der Waals surface area contributed by atoms with E-state index in [1.54, 1.807) is 0 Å². The van der Waals surface area contributed by atoms with E-state index in [9.17, 15) is 9.90 Å². The van der Waals surface area contributed by atoms with Gasteiger partial charge in [-0.15, -0.1) is 0 Å². The zero-order valence-corrected chi connectivity index (χ0v) is 16.1. The van der Waals surface area contributed by atoms with Crippen molar-refractivity contribution in [1.29, 1.82) is 0 Å². The minimum absolute atomic E-state index is 0.0194. The first-order chi connectivity index (χ1) is 13.1. The third-order valence-electron chi connectivity index (χ3n) is 6.33. The van der Waals surface area contributed by atoms with E-state index in [-0.39, 0.29) is 24.7 Å². The molecule has 3 atom stereocenters. The summed E-state index contributed by atoms with van der Waals surface area (Å²) in [4.78, 5) is 14.7. The fourth-order valence-electron chi connectivity index (χ4n) is 4.96. The fraction of sp³-hybridized carbons (Fsp3) is 0.667. The van der Waals surface area contributed by atoms with Crippen molar-refractivity contribution < 1.29 is 19.4 Å². The predicted molar refractivity (Wildman–Crippen MR) is 102 cm³/mol. The number of amides is 1. The summed E-state index contributed by atoms with van der Waals surface area (Å²) in [6, 6.07) is 6.06. The first-order valence-electron chi connectivity index (χ1n) is 10.2. The molecule has 2 fully saturated rings. The summed E-state index contributed by atoms with van der Waals surface area (Å²) < 4.78 is 11.0. The molecule has 2 N–H and O–H groups in total. The van der Waals surface area contributed by atoms with Gasteiger partial charge in [-0.3, -0.25) is 9.69 Å². The number of ether oxygens (including phenoxy) is 2. The molecule has 4 rings (SSSR count). The second-order valence-corrected chi connectivity index (χ2v) is 8.08. The van der Waals surface area contributed by atoms with Crippen molar-refractivity contribution in [2.24, 2.45) is 5.92 Å². The molecule has 0 radical (unpaired) electrons. The van der Waals surface area contributed by atoms with Gasteiger partial charge in [0.25, 0.3) is 0 Å². The second kappa shape index (κ2) is 7.68. The third kappa shape index (κ3) is 3.65. The number of aliphatic hydroxyl groups is 1. The fourth-order valence-corrected chi connectivity index (χ4v) is 4.96. The zero-order chi connectivity index (χ0) is 18.9. The molecule has 2 aliphatic heterocycles. The Morgan fingerprint density at radius 2 is 2.15 bits per heavy atom. The SMILES string of the molecule is CCCNC(=O)CN1CC[C@@]2(O)CCCC[C@@H]2[C@@H]1c1ccc2c(c1)OCO2. The van der Waals surface area contributed by atoms with Gasteiger partial charge in [-0.2, -0.15) is 0 Å². The lowest BCUT2D eigenvalue weighted by molar-refractivity contribution is -0.137. The Hall–Kier alpha value is -1.79. The van der Waals surface area contributed by atoms with E-state index in [1.807, 2.05) is 12.1 Å². The van der Waals surface area contributed by atoms with Crippen LogP contribution in [0.1, 0.15) is 57.1 Å². The number of carbonyl (C=O) groups is 1. The number of benzene rings is 1. The Morgan fingerprint density at radius 1 is 1.30 bits per heavy atom. The monoisotopic (exact) mass is 374 g/mol. The van der Waals surface area contributed by atoms with Crippen LogP contribution < -0.4 is 14.8 Å². The average molecular weight is 374 g/mol. The maximum absolute atomic E-state index is 12.4. The van der Waals surface area contributed by atoms with Crippen molar-refractivity contribution in [2.75, 3.05) is 26.4 Å². The van der Waals surface area contributed by atoms with E-state index in [0.717, 1.165) is 62.1 Å². The highest BCUT2D eigenvalue weighted by molar-refractivity contribution is 5.78. The predicted octanol–water partition coefficient (Wildman–Crippen LogP) is 2.61. The van der Waals surface area contributed by atoms with Crippen molar-refractivity contribution in [3.8, 4) is 11.5 Å². The van der Waals surface area contributed by atoms with Crippen molar-refractivity contribution in [3.63, 3.8) is 0 Å². The summed E-state index contributed by atoms with van der Waals surface area (Å²) >= 11 is 0. The first kappa shape index (κ1) is 18.6. The summed E-state index contributed by atoms with van der Waals surface area (Å²) in [5, 5.41) is 14.3. The van der Waals surface area contributed by atoms with Crippen molar-refractivity contribution in [2.45, 2.75) is 57.1 Å². The summed E-state index contributed by atoms with van der Waals surface area (Å²) in [7, 11) is 0. The molecule has 1 aromatic carbocycles. The van der Waals surface area contributed by atoms with Crippen LogP contribution in [0.2, 0.25) is 0 Å². The summed E-state index contributed by atoms with van der Waals surface area (Å²) in [5.74, 6) is 1.72. The molecule has 2 heterocycles. The van der Waals surface area contributed by atoms with Crippen LogP contribution in [0.25, 0.3) is 0 Å². The molecule has 1 aromatic rings. The van der Waals surface area contributed by atoms with Crippen LogP contribution in [0.15, 0.2) is 18.2 Å². The van der Waals surface area contributed by atoms with Crippen LogP contribution in [0.3, 0.4) is 0 Å². The van der Waals surface area contributed by atoms with Gasteiger partial charge in [-0.05, 0) is 43.4 Å². The molecule has 3 aliphatic rings. The van der Waals surface area contributed by atoms with Crippen molar-refractivity contribution in [1.82, 2.24) is 10.2 Å². The van der Waals surface area contributed by atoms with Crippen LogP contribution in [-0.4, -0.2) is 47.9 Å². The molecular formula is C21H30N2O4. The summed E-state index contributed by atoms with van der Waals surface area (Å²) in [6.07, 6.45) is 5.72. The van der Waals surface area contributed by atoms with Crippen LogP contribution in [0.5, 0.6) is 11.5 Å². The molecule has 1 saturated carbocycles. The Kier molecular flexibility index (Phi) is 5.28.